The summed E-state index contributed by atoms with van der Waals surface area (Å²) >= 11 is 1.51. The lowest BCUT2D eigenvalue weighted by molar-refractivity contribution is -0.122. The van der Waals surface area contributed by atoms with Gasteiger partial charge in [0.05, 0.1) is 0 Å². The van der Waals surface area contributed by atoms with Crippen LogP contribution in [0.1, 0.15) is 38.1 Å². The molecule has 3 N–H and O–H groups in total. The van der Waals surface area contributed by atoms with E-state index in [-0.39, 0.29) is 11.3 Å². The van der Waals surface area contributed by atoms with Gasteiger partial charge in [-0.25, -0.2) is 0 Å². The van der Waals surface area contributed by atoms with Gasteiger partial charge in [-0.1, -0.05) is 26.8 Å². The fraction of sp³-hybridized carbons (Fsp3) is 0.583. The van der Waals surface area contributed by atoms with Gasteiger partial charge in [-0.2, -0.15) is 0 Å². The number of carbonyl (C=O) groups excluding carboxylic acids is 1. The second-order valence-corrected chi connectivity index (χ2v) is 6.07. The summed E-state index contributed by atoms with van der Waals surface area (Å²) in [5, 5.41) is 4.80. The third-order valence-electron chi connectivity index (χ3n) is 2.31. The Morgan fingerprint density at radius 2 is 2.25 bits per heavy atom. The van der Waals surface area contributed by atoms with E-state index in [0.717, 1.165) is 11.3 Å². The lowest BCUT2D eigenvalue weighted by Gasteiger charge is -2.19. The van der Waals surface area contributed by atoms with E-state index in [1.165, 1.54) is 11.3 Å². The molecule has 0 saturated heterocycles. The molecule has 1 atom stereocenters. The minimum atomic E-state index is -0.528. The second-order valence-electron chi connectivity index (χ2n) is 5.09. The Morgan fingerprint density at radius 3 is 2.75 bits per heavy atom. The third-order valence-corrected chi connectivity index (χ3v) is 3.26. The van der Waals surface area contributed by atoms with Gasteiger partial charge in [0.25, 0.3) is 0 Å². The summed E-state index contributed by atoms with van der Waals surface area (Å²) in [6.45, 7) is 7.14. The first-order valence-corrected chi connectivity index (χ1v) is 6.35. The number of nitrogens with one attached hydrogen (secondary N) is 1. The van der Waals surface area contributed by atoms with Gasteiger partial charge in [0.1, 0.15) is 6.04 Å². The Kier molecular flexibility index (Phi) is 4.50. The fourth-order valence-electron chi connectivity index (χ4n) is 1.27. The Hall–Kier alpha value is -0.870. The summed E-state index contributed by atoms with van der Waals surface area (Å²) in [5.41, 5.74) is 6.07. The molecule has 0 aliphatic carbocycles. The smallest absolute Gasteiger partial charge is 0.242 e. The van der Waals surface area contributed by atoms with Crippen LogP contribution in [0, 0.1) is 5.41 Å². The van der Waals surface area contributed by atoms with E-state index in [1.54, 1.807) is 0 Å². The molecule has 0 radical (unpaired) electrons. The van der Waals surface area contributed by atoms with Gasteiger partial charge >= 0.3 is 0 Å². The van der Waals surface area contributed by atoms with E-state index >= 15 is 0 Å². The molecule has 1 aromatic rings. The third kappa shape index (κ3) is 4.33. The van der Waals surface area contributed by atoms with Gasteiger partial charge in [0.15, 0.2) is 0 Å². The van der Waals surface area contributed by atoms with E-state index < -0.39 is 6.04 Å². The molecule has 0 saturated carbocycles. The normalized spacial score (nSPS) is 13.5. The lowest BCUT2D eigenvalue weighted by atomic mass is 9.92. The van der Waals surface area contributed by atoms with E-state index in [4.69, 9.17) is 5.73 Å². The number of amides is 1. The fourth-order valence-corrected chi connectivity index (χ4v) is 1.99. The van der Waals surface area contributed by atoms with Gasteiger partial charge in [0, 0.05) is 11.4 Å². The predicted octanol–water partition coefficient (Wildman–Crippen LogP) is 2.30. The van der Waals surface area contributed by atoms with Gasteiger partial charge < -0.3 is 11.1 Å². The SMILES string of the molecule is CC(C)(C)CCNC(=O)C(N)c1cccs1. The number of hydrogen-bond donors (Lipinski definition) is 2. The van der Waals surface area contributed by atoms with Crippen LogP contribution in [0.25, 0.3) is 0 Å². The van der Waals surface area contributed by atoms with Crippen molar-refractivity contribution in [3.63, 3.8) is 0 Å². The summed E-state index contributed by atoms with van der Waals surface area (Å²) in [7, 11) is 0. The van der Waals surface area contributed by atoms with Crippen molar-refractivity contribution < 1.29 is 4.79 Å². The minimum Gasteiger partial charge on any atom is -0.354 e. The van der Waals surface area contributed by atoms with Crippen molar-refractivity contribution >= 4 is 17.2 Å². The summed E-state index contributed by atoms with van der Waals surface area (Å²) in [5.74, 6) is -0.0910. The molecule has 1 unspecified atom stereocenters. The number of nitrogens with two attached hydrogens (primary N) is 1. The van der Waals surface area contributed by atoms with Crippen LogP contribution < -0.4 is 11.1 Å². The largest absolute Gasteiger partial charge is 0.354 e. The Balaban J connectivity index is 2.36. The highest BCUT2D eigenvalue weighted by Gasteiger charge is 2.17. The summed E-state index contributed by atoms with van der Waals surface area (Å²) in [4.78, 5) is 12.6. The van der Waals surface area contributed by atoms with Gasteiger partial charge in [-0.05, 0) is 23.3 Å². The second kappa shape index (κ2) is 5.46. The van der Waals surface area contributed by atoms with Gasteiger partial charge in [-0.3, -0.25) is 4.79 Å². The summed E-state index contributed by atoms with van der Waals surface area (Å²) in [6, 6.07) is 3.26. The average molecular weight is 240 g/mol. The lowest BCUT2D eigenvalue weighted by Crippen LogP contribution is -2.35. The maximum atomic E-state index is 11.7. The van der Waals surface area contributed by atoms with Gasteiger partial charge in [0.2, 0.25) is 5.91 Å². The molecule has 1 aromatic heterocycles. The number of thiophene rings is 1. The molecule has 1 rings (SSSR count). The molecule has 1 amide bonds. The molecule has 0 aliphatic rings. The highest BCUT2D eigenvalue weighted by atomic mass is 32.1. The number of hydrogen-bond acceptors (Lipinski definition) is 3. The molecule has 0 aliphatic heterocycles. The van der Waals surface area contributed by atoms with Crippen LogP contribution in [0.2, 0.25) is 0 Å². The molecule has 4 heteroatoms. The average Bonchev–Trinajstić information content (AvgIpc) is 2.67. The summed E-state index contributed by atoms with van der Waals surface area (Å²) in [6.07, 6.45) is 0.954. The Bertz CT molecular complexity index is 327. The molecule has 0 spiro atoms. The van der Waals surface area contributed by atoms with E-state index in [9.17, 15) is 4.79 Å². The van der Waals surface area contributed by atoms with Gasteiger partial charge in [-0.15, -0.1) is 11.3 Å². The van der Waals surface area contributed by atoms with Crippen LogP contribution in [0.5, 0.6) is 0 Å². The van der Waals surface area contributed by atoms with Crippen LogP contribution >= 0.6 is 11.3 Å². The van der Waals surface area contributed by atoms with E-state index in [2.05, 4.69) is 26.1 Å². The van der Waals surface area contributed by atoms with Crippen molar-refractivity contribution in [2.45, 2.75) is 33.2 Å². The zero-order chi connectivity index (χ0) is 12.2. The predicted molar refractivity (Wildman–Crippen MR) is 68.3 cm³/mol. The molecule has 0 bridgehead atoms. The van der Waals surface area contributed by atoms with Crippen molar-refractivity contribution in [1.29, 1.82) is 0 Å². The van der Waals surface area contributed by atoms with Crippen LogP contribution in [0.15, 0.2) is 17.5 Å². The summed E-state index contributed by atoms with van der Waals surface area (Å²) < 4.78 is 0. The molecule has 90 valence electrons. The molecular weight excluding hydrogens is 220 g/mol. The first-order chi connectivity index (χ1) is 7.40. The minimum absolute atomic E-state index is 0.0910. The highest BCUT2D eigenvalue weighted by Crippen LogP contribution is 2.18. The monoisotopic (exact) mass is 240 g/mol. The maximum absolute atomic E-state index is 11.7. The molecule has 0 fully saturated rings. The zero-order valence-corrected chi connectivity index (χ0v) is 10.9. The molecule has 1 heterocycles. The van der Waals surface area contributed by atoms with E-state index in [1.807, 2.05) is 17.5 Å². The first-order valence-electron chi connectivity index (χ1n) is 5.47. The molecular formula is C12H20N2OS. The maximum Gasteiger partial charge on any atom is 0.242 e. The van der Waals surface area contributed by atoms with Crippen LogP contribution in [0.3, 0.4) is 0 Å². The van der Waals surface area contributed by atoms with Crippen molar-refractivity contribution in [3.05, 3.63) is 22.4 Å². The quantitative estimate of drug-likeness (QED) is 0.848. The van der Waals surface area contributed by atoms with Crippen molar-refractivity contribution in [3.8, 4) is 0 Å². The zero-order valence-electron chi connectivity index (χ0n) is 10.1. The highest BCUT2D eigenvalue weighted by molar-refractivity contribution is 7.10. The molecule has 0 aromatic carbocycles. The van der Waals surface area contributed by atoms with Crippen molar-refractivity contribution in [1.82, 2.24) is 5.32 Å². The van der Waals surface area contributed by atoms with Crippen molar-refractivity contribution in [2.24, 2.45) is 11.1 Å². The first kappa shape index (κ1) is 13.2. The topological polar surface area (TPSA) is 55.1 Å². The molecule has 3 nitrogen and oxygen atoms in total. The number of rotatable bonds is 4. The Labute approximate surface area is 101 Å². The standard InChI is InChI=1S/C12H20N2OS/c1-12(2,3)6-7-14-11(15)10(13)9-5-4-8-16-9/h4-5,8,10H,6-7,13H2,1-3H3,(H,14,15). The van der Waals surface area contributed by atoms with Crippen LogP contribution in [-0.4, -0.2) is 12.5 Å². The van der Waals surface area contributed by atoms with Crippen molar-refractivity contribution in [2.75, 3.05) is 6.54 Å². The molecule has 16 heavy (non-hydrogen) atoms. The Morgan fingerprint density at radius 1 is 1.56 bits per heavy atom. The number of carbonyl (C=O) groups is 1. The van der Waals surface area contributed by atoms with E-state index in [0.29, 0.717) is 6.54 Å². The van der Waals surface area contributed by atoms with Crippen LogP contribution in [-0.2, 0) is 4.79 Å². The van der Waals surface area contributed by atoms with Crippen LogP contribution in [0.4, 0.5) is 0 Å².